The molecule has 2 atom stereocenters. The fourth-order valence-electron chi connectivity index (χ4n) is 1.90. The zero-order valence-corrected chi connectivity index (χ0v) is 11.6. The normalized spacial score (nSPS) is 15.4. The summed E-state index contributed by atoms with van der Waals surface area (Å²) in [6, 6.07) is 0.241. The van der Waals surface area contributed by atoms with Crippen LogP contribution in [0, 0.1) is 5.92 Å². The van der Waals surface area contributed by atoms with Gasteiger partial charge in [0.05, 0.1) is 6.04 Å². The van der Waals surface area contributed by atoms with Crippen molar-refractivity contribution in [2.75, 3.05) is 20.8 Å². The molecule has 0 aliphatic carbocycles. The number of ether oxygens (including phenoxy) is 2. The molecule has 0 rings (SSSR count). The molecule has 0 radical (unpaired) electrons. The van der Waals surface area contributed by atoms with E-state index in [1.807, 2.05) is 0 Å². The SMILES string of the molecule is CCCCC(CC)CNC(C)C(OC)OC. The van der Waals surface area contributed by atoms with Crippen LogP contribution in [-0.4, -0.2) is 33.1 Å². The molecule has 3 nitrogen and oxygen atoms in total. The first-order chi connectivity index (χ1) is 7.69. The van der Waals surface area contributed by atoms with Gasteiger partial charge < -0.3 is 14.8 Å². The number of hydrogen-bond acceptors (Lipinski definition) is 3. The number of rotatable bonds is 10. The Morgan fingerprint density at radius 2 is 1.75 bits per heavy atom. The van der Waals surface area contributed by atoms with Crippen molar-refractivity contribution in [2.45, 2.75) is 58.8 Å². The van der Waals surface area contributed by atoms with Crippen LogP contribution in [0.15, 0.2) is 0 Å². The third-order valence-corrected chi connectivity index (χ3v) is 3.14. The predicted molar refractivity (Wildman–Crippen MR) is 68.6 cm³/mol. The van der Waals surface area contributed by atoms with Gasteiger partial charge in [-0.05, 0) is 25.8 Å². The molecule has 0 bridgehead atoms. The topological polar surface area (TPSA) is 30.5 Å². The van der Waals surface area contributed by atoms with Crippen molar-refractivity contribution in [1.82, 2.24) is 5.32 Å². The van der Waals surface area contributed by atoms with Gasteiger partial charge in [-0.3, -0.25) is 0 Å². The van der Waals surface area contributed by atoms with Gasteiger partial charge in [0.15, 0.2) is 6.29 Å². The molecule has 0 aromatic heterocycles. The van der Waals surface area contributed by atoms with Gasteiger partial charge in [0, 0.05) is 14.2 Å². The summed E-state index contributed by atoms with van der Waals surface area (Å²) < 4.78 is 10.4. The van der Waals surface area contributed by atoms with Crippen LogP contribution >= 0.6 is 0 Å². The fraction of sp³-hybridized carbons (Fsp3) is 1.00. The lowest BCUT2D eigenvalue weighted by Gasteiger charge is -2.24. The lowest BCUT2D eigenvalue weighted by Crippen LogP contribution is -2.41. The quantitative estimate of drug-likeness (QED) is 0.586. The zero-order valence-electron chi connectivity index (χ0n) is 11.6. The van der Waals surface area contributed by atoms with E-state index in [1.165, 1.54) is 25.7 Å². The summed E-state index contributed by atoms with van der Waals surface area (Å²) in [4.78, 5) is 0. The molecular weight excluding hydrogens is 202 g/mol. The van der Waals surface area contributed by atoms with Gasteiger partial charge in [-0.1, -0.05) is 33.1 Å². The maximum atomic E-state index is 5.22. The van der Waals surface area contributed by atoms with Gasteiger partial charge >= 0.3 is 0 Å². The number of unbranched alkanes of at least 4 members (excludes halogenated alkanes) is 1. The van der Waals surface area contributed by atoms with Crippen LogP contribution in [0.3, 0.4) is 0 Å². The molecule has 98 valence electrons. The van der Waals surface area contributed by atoms with Crippen LogP contribution in [0.25, 0.3) is 0 Å². The van der Waals surface area contributed by atoms with Crippen molar-refractivity contribution >= 4 is 0 Å². The highest BCUT2D eigenvalue weighted by molar-refractivity contribution is 4.68. The van der Waals surface area contributed by atoms with Crippen LogP contribution in [0.5, 0.6) is 0 Å². The van der Waals surface area contributed by atoms with E-state index in [-0.39, 0.29) is 12.3 Å². The Kier molecular flexibility index (Phi) is 9.99. The molecule has 0 aromatic rings. The second-order valence-electron chi connectivity index (χ2n) is 4.45. The number of nitrogens with one attached hydrogen (secondary N) is 1. The zero-order chi connectivity index (χ0) is 12.4. The second-order valence-corrected chi connectivity index (χ2v) is 4.45. The van der Waals surface area contributed by atoms with E-state index in [1.54, 1.807) is 14.2 Å². The average molecular weight is 231 g/mol. The summed E-state index contributed by atoms with van der Waals surface area (Å²) >= 11 is 0. The van der Waals surface area contributed by atoms with Gasteiger partial charge in [0.1, 0.15) is 0 Å². The smallest absolute Gasteiger partial charge is 0.171 e. The summed E-state index contributed by atoms with van der Waals surface area (Å²) in [6.45, 7) is 7.66. The molecular formula is C13H29NO2. The predicted octanol–water partition coefficient (Wildman–Crippen LogP) is 2.80. The average Bonchev–Trinajstić information content (AvgIpc) is 2.31. The van der Waals surface area contributed by atoms with Crippen molar-refractivity contribution in [1.29, 1.82) is 0 Å². The first kappa shape index (κ1) is 15.9. The molecule has 0 amide bonds. The lowest BCUT2D eigenvalue weighted by molar-refractivity contribution is -0.119. The third kappa shape index (κ3) is 6.46. The highest BCUT2D eigenvalue weighted by Gasteiger charge is 2.16. The molecule has 1 N–H and O–H groups in total. The van der Waals surface area contributed by atoms with Crippen LogP contribution in [0.1, 0.15) is 46.5 Å². The molecule has 0 aromatic carbocycles. The Morgan fingerprint density at radius 1 is 1.12 bits per heavy atom. The van der Waals surface area contributed by atoms with Crippen LogP contribution < -0.4 is 5.32 Å². The molecule has 0 spiro atoms. The Hall–Kier alpha value is -0.120. The van der Waals surface area contributed by atoms with Crippen molar-refractivity contribution < 1.29 is 9.47 Å². The highest BCUT2D eigenvalue weighted by Crippen LogP contribution is 2.12. The van der Waals surface area contributed by atoms with Gasteiger partial charge in [0.2, 0.25) is 0 Å². The van der Waals surface area contributed by atoms with Crippen molar-refractivity contribution in [2.24, 2.45) is 5.92 Å². The maximum Gasteiger partial charge on any atom is 0.171 e. The van der Waals surface area contributed by atoms with Gasteiger partial charge in [-0.15, -0.1) is 0 Å². The molecule has 0 saturated carbocycles. The molecule has 0 fully saturated rings. The Morgan fingerprint density at radius 3 is 2.19 bits per heavy atom. The summed E-state index contributed by atoms with van der Waals surface area (Å²) in [7, 11) is 3.36. The minimum Gasteiger partial charge on any atom is -0.354 e. The Balaban J connectivity index is 3.81. The first-order valence-electron chi connectivity index (χ1n) is 6.48. The summed E-state index contributed by atoms with van der Waals surface area (Å²) in [5.41, 5.74) is 0. The maximum absolute atomic E-state index is 5.22. The molecule has 16 heavy (non-hydrogen) atoms. The van der Waals surface area contributed by atoms with Crippen LogP contribution in [-0.2, 0) is 9.47 Å². The fourth-order valence-corrected chi connectivity index (χ4v) is 1.90. The molecule has 0 saturated heterocycles. The summed E-state index contributed by atoms with van der Waals surface area (Å²) in [5.74, 6) is 0.775. The third-order valence-electron chi connectivity index (χ3n) is 3.14. The lowest BCUT2D eigenvalue weighted by atomic mass is 9.99. The molecule has 0 heterocycles. The van der Waals surface area contributed by atoms with Crippen molar-refractivity contribution in [3.8, 4) is 0 Å². The Labute approximate surface area is 101 Å². The highest BCUT2D eigenvalue weighted by atomic mass is 16.7. The minimum atomic E-state index is -0.149. The van der Waals surface area contributed by atoms with Crippen molar-refractivity contribution in [3.63, 3.8) is 0 Å². The van der Waals surface area contributed by atoms with Crippen LogP contribution in [0.4, 0.5) is 0 Å². The van der Waals surface area contributed by atoms with Crippen molar-refractivity contribution in [3.05, 3.63) is 0 Å². The summed E-state index contributed by atoms with van der Waals surface area (Å²) in [6.07, 6.45) is 5.02. The number of methoxy groups -OCH3 is 2. The summed E-state index contributed by atoms with van der Waals surface area (Å²) in [5, 5.41) is 3.49. The van der Waals surface area contributed by atoms with E-state index >= 15 is 0 Å². The molecule has 2 unspecified atom stereocenters. The van der Waals surface area contributed by atoms with E-state index in [2.05, 4.69) is 26.1 Å². The van der Waals surface area contributed by atoms with E-state index in [4.69, 9.17) is 9.47 Å². The van der Waals surface area contributed by atoms with E-state index in [9.17, 15) is 0 Å². The van der Waals surface area contributed by atoms with E-state index in [0.29, 0.717) is 0 Å². The van der Waals surface area contributed by atoms with E-state index < -0.39 is 0 Å². The van der Waals surface area contributed by atoms with Gasteiger partial charge in [-0.2, -0.15) is 0 Å². The van der Waals surface area contributed by atoms with Gasteiger partial charge in [0.25, 0.3) is 0 Å². The minimum absolute atomic E-state index is 0.149. The second kappa shape index (κ2) is 10.1. The monoisotopic (exact) mass is 231 g/mol. The van der Waals surface area contributed by atoms with E-state index in [0.717, 1.165) is 12.5 Å². The Bertz CT molecular complexity index is 149. The molecule has 3 heteroatoms. The largest absolute Gasteiger partial charge is 0.354 e. The number of hydrogen-bond donors (Lipinski definition) is 1. The standard InChI is InChI=1S/C13H29NO2/c1-6-8-9-12(7-2)10-14-11(3)13(15-4)16-5/h11-14H,6-10H2,1-5H3. The first-order valence-corrected chi connectivity index (χ1v) is 6.48. The molecule has 0 aliphatic heterocycles. The molecule has 0 aliphatic rings. The van der Waals surface area contributed by atoms with Gasteiger partial charge in [-0.25, -0.2) is 0 Å². The van der Waals surface area contributed by atoms with Crippen LogP contribution in [0.2, 0.25) is 0 Å².